The van der Waals surface area contributed by atoms with Crippen LogP contribution in [0.1, 0.15) is 11.1 Å². The molecule has 0 aliphatic carbocycles. The minimum absolute atomic E-state index is 0.0479. The Bertz CT molecular complexity index is 868. The zero-order valence-corrected chi connectivity index (χ0v) is 16.7. The summed E-state index contributed by atoms with van der Waals surface area (Å²) in [5, 5.41) is 13.0. The van der Waals surface area contributed by atoms with E-state index in [1.54, 1.807) is 18.9 Å². The van der Waals surface area contributed by atoms with Crippen molar-refractivity contribution >= 4 is 11.8 Å². The van der Waals surface area contributed by atoms with E-state index in [1.807, 2.05) is 60.7 Å². The molecule has 0 saturated heterocycles. The second-order valence-electron chi connectivity index (χ2n) is 6.18. The summed E-state index contributed by atoms with van der Waals surface area (Å²) in [5.41, 5.74) is 2.17. The van der Waals surface area contributed by atoms with Gasteiger partial charge in [0.1, 0.15) is 18.1 Å². The van der Waals surface area contributed by atoms with Gasteiger partial charge in [-0.3, -0.25) is 0 Å². The van der Waals surface area contributed by atoms with Crippen molar-refractivity contribution in [3.05, 3.63) is 83.9 Å². The molecule has 0 aliphatic heterocycles. The van der Waals surface area contributed by atoms with Crippen LogP contribution in [-0.2, 0) is 13.2 Å². The molecule has 0 radical (unpaired) electrons. The molecule has 0 amide bonds. The molecule has 0 aromatic heterocycles. The fourth-order valence-corrected chi connectivity index (χ4v) is 3.80. The molecule has 4 nitrogen and oxygen atoms in total. The monoisotopic (exact) mass is 395 g/mol. The number of nitrogens with one attached hydrogen (secondary N) is 1. The van der Waals surface area contributed by atoms with Crippen LogP contribution in [0.3, 0.4) is 0 Å². The molecule has 2 N–H and O–H groups in total. The Balaban J connectivity index is 1.50. The first-order valence-electron chi connectivity index (χ1n) is 9.22. The van der Waals surface area contributed by atoms with Crippen molar-refractivity contribution in [1.82, 2.24) is 5.32 Å². The second kappa shape index (κ2) is 10.8. The summed E-state index contributed by atoms with van der Waals surface area (Å²) in [6.45, 7) is 2.15. The van der Waals surface area contributed by atoms with Gasteiger partial charge < -0.3 is 19.9 Å². The van der Waals surface area contributed by atoms with Crippen LogP contribution in [0.25, 0.3) is 0 Å². The highest BCUT2D eigenvalue weighted by atomic mass is 32.2. The van der Waals surface area contributed by atoms with Gasteiger partial charge in [0.2, 0.25) is 0 Å². The molecule has 5 heteroatoms. The number of aliphatic hydroxyl groups excluding tert-OH is 1. The lowest BCUT2D eigenvalue weighted by molar-refractivity contribution is 0.279. The fourth-order valence-electron chi connectivity index (χ4n) is 2.74. The summed E-state index contributed by atoms with van der Waals surface area (Å²) in [4.78, 5) is 2.27. The predicted octanol–water partition coefficient (Wildman–Crippen LogP) is 4.51. The Hall–Kier alpha value is -2.47. The van der Waals surface area contributed by atoms with E-state index in [1.165, 1.54) is 10.5 Å². The molecular weight excluding hydrogens is 370 g/mol. The summed E-state index contributed by atoms with van der Waals surface area (Å²) < 4.78 is 10.9. The van der Waals surface area contributed by atoms with E-state index in [0.29, 0.717) is 6.61 Å². The third kappa shape index (κ3) is 5.76. The summed E-state index contributed by atoms with van der Waals surface area (Å²) >= 11 is 1.69. The van der Waals surface area contributed by atoms with E-state index in [0.717, 1.165) is 35.0 Å². The van der Waals surface area contributed by atoms with Crippen LogP contribution < -0.4 is 14.8 Å². The van der Waals surface area contributed by atoms with Crippen molar-refractivity contribution in [2.24, 2.45) is 0 Å². The molecule has 0 unspecified atom stereocenters. The number of hydrogen-bond donors (Lipinski definition) is 2. The van der Waals surface area contributed by atoms with Gasteiger partial charge in [0.25, 0.3) is 0 Å². The molecule has 0 bridgehead atoms. The van der Waals surface area contributed by atoms with Crippen LogP contribution >= 0.6 is 11.8 Å². The summed E-state index contributed by atoms with van der Waals surface area (Å²) in [7, 11) is 1.65. The average Bonchev–Trinajstić information content (AvgIpc) is 2.75. The average molecular weight is 396 g/mol. The third-order valence-electron chi connectivity index (χ3n) is 4.26. The van der Waals surface area contributed by atoms with E-state index < -0.39 is 0 Å². The highest BCUT2D eigenvalue weighted by molar-refractivity contribution is 7.99. The third-order valence-corrected chi connectivity index (χ3v) is 5.49. The minimum atomic E-state index is 0.0479. The lowest BCUT2D eigenvalue weighted by atomic mass is 10.2. The van der Waals surface area contributed by atoms with Crippen LogP contribution in [0.2, 0.25) is 0 Å². The van der Waals surface area contributed by atoms with Crippen LogP contribution in [0.4, 0.5) is 0 Å². The Kier molecular flexibility index (Phi) is 7.79. The molecule has 0 atom stereocenters. The normalized spacial score (nSPS) is 10.6. The smallest absolute Gasteiger partial charge is 0.119 e. The maximum Gasteiger partial charge on any atom is 0.119 e. The van der Waals surface area contributed by atoms with Gasteiger partial charge in [0.15, 0.2) is 0 Å². The Morgan fingerprint density at radius 2 is 1.43 bits per heavy atom. The molecule has 3 rings (SSSR count). The van der Waals surface area contributed by atoms with Crippen LogP contribution in [-0.4, -0.2) is 25.4 Å². The fraction of sp³-hybridized carbons (Fsp3) is 0.217. The van der Waals surface area contributed by atoms with Crippen molar-refractivity contribution in [2.45, 2.75) is 22.9 Å². The van der Waals surface area contributed by atoms with E-state index in [-0.39, 0.29) is 6.61 Å². The van der Waals surface area contributed by atoms with E-state index in [9.17, 15) is 5.11 Å². The maximum absolute atomic E-state index is 9.54. The van der Waals surface area contributed by atoms with Crippen molar-refractivity contribution in [3.63, 3.8) is 0 Å². The van der Waals surface area contributed by atoms with Gasteiger partial charge in [0.05, 0.1) is 13.7 Å². The van der Waals surface area contributed by atoms with Crippen LogP contribution in [0, 0.1) is 0 Å². The Morgan fingerprint density at radius 1 is 0.821 bits per heavy atom. The van der Waals surface area contributed by atoms with Gasteiger partial charge in [-0.25, -0.2) is 0 Å². The number of ether oxygens (including phenoxy) is 2. The van der Waals surface area contributed by atoms with E-state index >= 15 is 0 Å². The molecular formula is C23H25NO3S. The molecule has 146 valence electrons. The molecule has 3 aromatic rings. The highest BCUT2D eigenvalue weighted by Crippen LogP contribution is 2.32. The quantitative estimate of drug-likeness (QED) is 0.495. The zero-order valence-electron chi connectivity index (χ0n) is 15.9. The van der Waals surface area contributed by atoms with Crippen LogP contribution in [0.5, 0.6) is 11.5 Å². The van der Waals surface area contributed by atoms with Gasteiger partial charge in [-0.15, -0.1) is 0 Å². The van der Waals surface area contributed by atoms with Crippen molar-refractivity contribution in [2.75, 3.05) is 20.3 Å². The van der Waals surface area contributed by atoms with Crippen molar-refractivity contribution in [1.29, 1.82) is 0 Å². The van der Waals surface area contributed by atoms with Gasteiger partial charge in [-0.2, -0.15) is 0 Å². The first-order valence-corrected chi connectivity index (χ1v) is 10.0. The largest absolute Gasteiger partial charge is 0.497 e. The summed E-state index contributed by atoms with van der Waals surface area (Å²) in [6, 6.07) is 23.9. The van der Waals surface area contributed by atoms with Crippen LogP contribution in [0.15, 0.2) is 82.6 Å². The number of benzene rings is 3. The lowest BCUT2D eigenvalue weighted by Gasteiger charge is -2.12. The molecule has 28 heavy (non-hydrogen) atoms. The van der Waals surface area contributed by atoms with Gasteiger partial charge in [-0.1, -0.05) is 48.2 Å². The number of methoxy groups -OCH3 is 1. The molecule has 0 saturated carbocycles. The van der Waals surface area contributed by atoms with Gasteiger partial charge in [-0.05, 0) is 47.5 Å². The van der Waals surface area contributed by atoms with Crippen molar-refractivity contribution < 1.29 is 14.6 Å². The first-order chi connectivity index (χ1) is 13.8. The zero-order chi connectivity index (χ0) is 19.6. The minimum Gasteiger partial charge on any atom is -0.497 e. The Morgan fingerprint density at radius 3 is 2.11 bits per heavy atom. The van der Waals surface area contributed by atoms with Gasteiger partial charge in [0, 0.05) is 22.9 Å². The molecule has 0 spiro atoms. The first kappa shape index (κ1) is 20.3. The lowest BCUT2D eigenvalue weighted by Crippen LogP contribution is -2.20. The van der Waals surface area contributed by atoms with Gasteiger partial charge >= 0.3 is 0 Å². The SMILES string of the molecule is COc1ccc(OCCNCc2ccccc2Sc2ccccc2CO)cc1. The predicted molar refractivity (Wildman–Crippen MR) is 113 cm³/mol. The standard InChI is InChI=1S/C23H25NO3S/c1-26-20-10-12-21(13-11-20)27-15-14-24-16-18-6-2-4-8-22(18)28-23-9-5-3-7-19(23)17-25/h2-13,24-25H,14-17H2,1H3. The van der Waals surface area contributed by atoms with E-state index in [4.69, 9.17) is 9.47 Å². The molecule has 0 heterocycles. The van der Waals surface area contributed by atoms with Crippen molar-refractivity contribution in [3.8, 4) is 11.5 Å². The van der Waals surface area contributed by atoms with E-state index in [2.05, 4.69) is 17.4 Å². The summed E-state index contributed by atoms with van der Waals surface area (Å²) in [6.07, 6.45) is 0. The number of aliphatic hydroxyl groups is 1. The molecule has 0 aliphatic rings. The molecule has 0 fully saturated rings. The number of rotatable bonds is 10. The maximum atomic E-state index is 9.54. The molecule has 3 aromatic carbocycles. The highest BCUT2D eigenvalue weighted by Gasteiger charge is 2.07. The second-order valence-corrected chi connectivity index (χ2v) is 7.26. The Labute approximate surface area is 170 Å². The topological polar surface area (TPSA) is 50.7 Å². The summed E-state index contributed by atoms with van der Waals surface area (Å²) in [5.74, 6) is 1.65. The number of hydrogen-bond acceptors (Lipinski definition) is 5.